The zero-order valence-electron chi connectivity index (χ0n) is 33.4. The number of rotatable bonds is 7. The highest BCUT2D eigenvalue weighted by atomic mass is 16.3. The normalized spacial score (nSPS) is 12.7. The Bertz CT molecular complexity index is 3380. The Morgan fingerprint density at radius 1 is 0.344 bits per heavy atom. The van der Waals surface area contributed by atoms with Gasteiger partial charge in [-0.05, 0) is 103 Å². The molecule has 0 unspecified atom stereocenters. The summed E-state index contributed by atoms with van der Waals surface area (Å²) < 4.78 is 6.53. The first-order valence-corrected chi connectivity index (χ1v) is 21.0. The third-order valence-corrected chi connectivity index (χ3v) is 12.7. The van der Waals surface area contributed by atoms with Crippen molar-refractivity contribution in [3.63, 3.8) is 0 Å². The fraction of sp³-hybridized carbons (Fsp3) is 0.0169. The largest absolute Gasteiger partial charge is 0.456 e. The van der Waals surface area contributed by atoms with Crippen molar-refractivity contribution in [1.29, 1.82) is 0 Å². The maximum atomic E-state index is 6.53. The van der Waals surface area contributed by atoms with Gasteiger partial charge in [0.2, 0.25) is 0 Å². The summed E-state index contributed by atoms with van der Waals surface area (Å²) in [4.78, 5) is 2.41. The zero-order valence-corrected chi connectivity index (χ0v) is 33.4. The number of hydrogen-bond donors (Lipinski definition) is 0. The van der Waals surface area contributed by atoms with Crippen LogP contribution in [0.15, 0.2) is 241 Å². The molecule has 1 heterocycles. The highest BCUT2D eigenvalue weighted by molar-refractivity contribution is 6.08. The molecule has 0 aliphatic heterocycles. The van der Waals surface area contributed by atoms with Gasteiger partial charge in [0.1, 0.15) is 11.2 Å². The average molecular weight is 778 g/mol. The standard InChI is InChI=1S/C59H39NO/c1-4-18-41(19-5-1)58-48-26-11-10-17-40(48)32-36-55(58)60(47-33-35-52-51-28-13-15-30-56(51)61-57(52)39-47)46-25-16-20-42(37-46)43-31-34-50-49-27-12-14-29-53(49)59(54(50)38-43,44-21-6-2-7-22-44)45-23-8-3-9-24-45/h1-39H. The second kappa shape index (κ2) is 14.1. The van der Waals surface area contributed by atoms with Gasteiger partial charge in [0.15, 0.2) is 0 Å². The van der Waals surface area contributed by atoms with Gasteiger partial charge in [-0.1, -0.05) is 188 Å². The molecule has 0 N–H and O–H groups in total. The molecule has 11 aromatic rings. The Morgan fingerprint density at radius 3 is 1.75 bits per heavy atom. The van der Waals surface area contributed by atoms with Crippen LogP contribution in [0.2, 0.25) is 0 Å². The Morgan fingerprint density at radius 2 is 0.951 bits per heavy atom. The summed E-state index contributed by atoms with van der Waals surface area (Å²) in [6.07, 6.45) is 0. The quantitative estimate of drug-likeness (QED) is 0.160. The van der Waals surface area contributed by atoms with E-state index in [1.165, 1.54) is 55.3 Å². The number of fused-ring (bicyclic) bond motifs is 7. The summed E-state index contributed by atoms with van der Waals surface area (Å²) in [6.45, 7) is 0. The molecule has 0 fully saturated rings. The van der Waals surface area contributed by atoms with Gasteiger partial charge in [-0.2, -0.15) is 0 Å². The van der Waals surface area contributed by atoms with Crippen LogP contribution in [-0.4, -0.2) is 0 Å². The van der Waals surface area contributed by atoms with Crippen LogP contribution in [0.25, 0.3) is 66.1 Å². The van der Waals surface area contributed by atoms with Gasteiger partial charge in [-0.15, -0.1) is 0 Å². The average Bonchev–Trinajstić information content (AvgIpc) is 3.85. The third-order valence-electron chi connectivity index (χ3n) is 12.7. The molecule has 12 rings (SSSR count). The van der Waals surface area contributed by atoms with E-state index in [1.807, 2.05) is 12.1 Å². The second-order valence-electron chi connectivity index (χ2n) is 16.0. The minimum Gasteiger partial charge on any atom is -0.456 e. The van der Waals surface area contributed by atoms with Crippen LogP contribution in [0.1, 0.15) is 22.3 Å². The molecule has 10 aromatic carbocycles. The van der Waals surface area contributed by atoms with Gasteiger partial charge in [0, 0.05) is 33.8 Å². The number of para-hydroxylation sites is 1. The minimum atomic E-state index is -0.480. The molecule has 0 spiro atoms. The van der Waals surface area contributed by atoms with Crippen molar-refractivity contribution in [2.75, 3.05) is 4.90 Å². The molecule has 0 bridgehead atoms. The molecule has 1 aliphatic rings. The van der Waals surface area contributed by atoms with Crippen molar-refractivity contribution >= 4 is 49.8 Å². The van der Waals surface area contributed by atoms with E-state index in [4.69, 9.17) is 4.42 Å². The van der Waals surface area contributed by atoms with Crippen LogP contribution in [0.4, 0.5) is 17.1 Å². The van der Waals surface area contributed by atoms with Gasteiger partial charge in [0.25, 0.3) is 0 Å². The lowest BCUT2D eigenvalue weighted by atomic mass is 9.67. The lowest BCUT2D eigenvalue weighted by molar-refractivity contribution is 0.669. The third kappa shape index (κ3) is 5.50. The van der Waals surface area contributed by atoms with E-state index in [0.717, 1.165) is 50.1 Å². The molecule has 1 aromatic heterocycles. The van der Waals surface area contributed by atoms with Crippen molar-refractivity contribution in [2.24, 2.45) is 0 Å². The number of benzene rings is 10. The SMILES string of the molecule is c1ccc(-c2c(N(c3cccc(-c4ccc5c(c4)C(c4ccccc4)(c4ccccc4)c4ccccc4-5)c3)c3ccc4c(c3)oc3ccccc34)ccc3ccccc23)cc1. The van der Waals surface area contributed by atoms with E-state index in [2.05, 4.69) is 229 Å². The highest BCUT2D eigenvalue weighted by Crippen LogP contribution is 2.57. The van der Waals surface area contributed by atoms with E-state index in [9.17, 15) is 0 Å². The number of nitrogens with zero attached hydrogens (tertiary/aromatic N) is 1. The predicted molar refractivity (Wildman–Crippen MR) is 254 cm³/mol. The van der Waals surface area contributed by atoms with E-state index < -0.39 is 5.41 Å². The summed E-state index contributed by atoms with van der Waals surface area (Å²) >= 11 is 0. The van der Waals surface area contributed by atoms with Crippen LogP contribution in [0.3, 0.4) is 0 Å². The lowest BCUT2D eigenvalue weighted by Crippen LogP contribution is -2.28. The number of furan rings is 1. The first-order valence-electron chi connectivity index (χ1n) is 21.0. The van der Waals surface area contributed by atoms with E-state index >= 15 is 0 Å². The van der Waals surface area contributed by atoms with E-state index in [1.54, 1.807) is 0 Å². The maximum Gasteiger partial charge on any atom is 0.137 e. The molecule has 1 aliphatic carbocycles. The van der Waals surface area contributed by atoms with Crippen molar-refractivity contribution in [2.45, 2.75) is 5.41 Å². The van der Waals surface area contributed by atoms with Gasteiger partial charge in [0.05, 0.1) is 11.1 Å². The summed E-state index contributed by atoms with van der Waals surface area (Å²) in [6, 6.07) is 86.1. The number of hydrogen-bond acceptors (Lipinski definition) is 2. The molecule has 0 radical (unpaired) electrons. The molecule has 0 atom stereocenters. The number of anilines is 3. The Balaban J connectivity index is 1.09. The van der Waals surface area contributed by atoms with Gasteiger partial charge < -0.3 is 9.32 Å². The Kier molecular flexibility index (Phi) is 8.11. The van der Waals surface area contributed by atoms with E-state index in [-0.39, 0.29) is 0 Å². The highest BCUT2D eigenvalue weighted by Gasteiger charge is 2.46. The van der Waals surface area contributed by atoms with Crippen molar-refractivity contribution in [3.05, 3.63) is 259 Å². The van der Waals surface area contributed by atoms with Gasteiger partial charge >= 0.3 is 0 Å². The molecule has 2 nitrogen and oxygen atoms in total. The van der Waals surface area contributed by atoms with Crippen LogP contribution in [0.5, 0.6) is 0 Å². The smallest absolute Gasteiger partial charge is 0.137 e. The molecule has 286 valence electrons. The second-order valence-corrected chi connectivity index (χ2v) is 16.0. The van der Waals surface area contributed by atoms with Crippen molar-refractivity contribution < 1.29 is 4.42 Å². The van der Waals surface area contributed by atoms with E-state index in [0.29, 0.717) is 0 Å². The summed E-state index contributed by atoms with van der Waals surface area (Å²) in [5, 5.41) is 4.63. The zero-order chi connectivity index (χ0) is 40.3. The molecular weight excluding hydrogens is 739 g/mol. The van der Waals surface area contributed by atoms with Gasteiger partial charge in [-0.3, -0.25) is 0 Å². The molecule has 0 saturated heterocycles. The first-order chi connectivity index (χ1) is 30.3. The topological polar surface area (TPSA) is 16.4 Å². The van der Waals surface area contributed by atoms with Gasteiger partial charge in [-0.25, -0.2) is 0 Å². The summed E-state index contributed by atoms with van der Waals surface area (Å²) in [7, 11) is 0. The monoisotopic (exact) mass is 777 g/mol. The molecule has 0 amide bonds. The Hall–Kier alpha value is -7.94. The fourth-order valence-electron chi connectivity index (χ4n) is 10.1. The molecular formula is C59H39NO. The molecule has 2 heteroatoms. The minimum absolute atomic E-state index is 0.480. The summed E-state index contributed by atoms with van der Waals surface area (Å²) in [5.41, 5.74) is 16.8. The first kappa shape index (κ1) is 35.0. The van der Waals surface area contributed by atoms with Crippen molar-refractivity contribution in [3.8, 4) is 33.4 Å². The van der Waals surface area contributed by atoms with Crippen LogP contribution < -0.4 is 4.90 Å². The van der Waals surface area contributed by atoms with Crippen LogP contribution in [0, 0.1) is 0 Å². The predicted octanol–water partition coefficient (Wildman–Crippen LogP) is 15.9. The van der Waals surface area contributed by atoms with Crippen LogP contribution in [-0.2, 0) is 5.41 Å². The fourth-order valence-corrected chi connectivity index (χ4v) is 10.1. The molecule has 61 heavy (non-hydrogen) atoms. The summed E-state index contributed by atoms with van der Waals surface area (Å²) in [5.74, 6) is 0. The van der Waals surface area contributed by atoms with Crippen molar-refractivity contribution in [1.82, 2.24) is 0 Å². The van der Waals surface area contributed by atoms with Crippen LogP contribution >= 0.6 is 0 Å². The maximum absolute atomic E-state index is 6.53. The lowest BCUT2D eigenvalue weighted by Gasteiger charge is -2.34. The molecule has 0 saturated carbocycles. The Labute approximate surface area is 355 Å².